The molecule has 0 bridgehead atoms. The summed E-state index contributed by atoms with van der Waals surface area (Å²) in [6.45, 7) is 11.1. The van der Waals surface area contributed by atoms with Gasteiger partial charge in [-0.3, -0.25) is 9.78 Å². The summed E-state index contributed by atoms with van der Waals surface area (Å²) in [4.78, 5) is 19.8. The Balaban J connectivity index is 1.66. The van der Waals surface area contributed by atoms with Crippen molar-refractivity contribution in [1.82, 2.24) is 9.88 Å². The predicted molar refractivity (Wildman–Crippen MR) is 143 cm³/mol. The zero-order valence-corrected chi connectivity index (χ0v) is 20.6. The van der Waals surface area contributed by atoms with Crippen molar-refractivity contribution in [1.29, 1.82) is 0 Å². The molecule has 1 amide bonds. The van der Waals surface area contributed by atoms with E-state index in [9.17, 15) is 4.79 Å². The molecule has 1 aliphatic carbocycles. The average Bonchev–Trinajstić information content (AvgIpc) is 3.00. The maximum absolute atomic E-state index is 13.0. The Morgan fingerprint density at radius 3 is 2.59 bits per heavy atom. The first-order valence-electron chi connectivity index (χ1n) is 11.9. The number of allylic oxidation sites excluding steroid dienone is 4. The van der Waals surface area contributed by atoms with Gasteiger partial charge in [-0.2, -0.15) is 0 Å². The number of fused-ring (bicyclic) bond motifs is 2. The molecule has 2 aliphatic rings. The molecule has 0 saturated carbocycles. The minimum Gasteiger partial charge on any atom is -0.342 e. The molecule has 3 nitrogen and oxygen atoms in total. The summed E-state index contributed by atoms with van der Waals surface area (Å²) in [7, 11) is 0. The monoisotopic (exact) mass is 470 g/mol. The molecule has 4 heteroatoms. The number of aromatic nitrogens is 1. The van der Waals surface area contributed by atoms with Crippen LogP contribution < -0.4 is 0 Å². The first kappa shape index (κ1) is 24.0. The third kappa shape index (κ3) is 5.15. The van der Waals surface area contributed by atoms with E-state index in [4.69, 9.17) is 16.6 Å². The van der Waals surface area contributed by atoms with E-state index in [-0.39, 0.29) is 5.91 Å². The number of likely N-dealkylation sites (tertiary alicyclic amines) is 1. The summed E-state index contributed by atoms with van der Waals surface area (Å²) in [5.41, 5.74) is 9.41. The molecule has 2 heterocycles. The van der Waals surface area contributed by atoms with Crippen LogP contribution in [0.3, 0.4) is 0 Å². The smallest absolute Gasteiger partial charge is 0.227 e. The van der Waals surface area contributed by atoms with Crippen molar-refractivity contribution in [3.8, 4) is 0 Å². The van der Waals surface area contributed by atoms with E-state index in [1.54, 1.807) is 6.08 Å². The van der Waals surface area contributed by atoms with Crippen molar-refractivity contribution >= 4 is 29.2 Å². The van der Waals surface area contributed by atoms with Crippen LogP contribution in [0.1, 0.15) is 54.1 Å². The molecule has 0 N–H and O–H groups in total. The molecular weight excluding hydrogens is 440 g/mol. The lowest BCUT2D eigenvalue weighted by atomic mass is 9.88. The molecule has 2 aromatic rings. The predicted octanol–water partition coefficient (Wildman–Crippen LogP) is 6.98. The van der Waals surface area contributed by atoms with Gasteiger partial charge in [0.05, 0.1) is 12.1 Å². The van der Waals surface area contributed by atoms with Gasteiger partial charge >= 0.3 is 0 Å². The van der Waals surface area contributed by atoms with Crippen LogP contribution in [-0.4, -0.2) is 28.9 Å². The van der Waals surface area contributed by atoms with E-state index in [2.05, 4.69) is 31.4 Å². The number of pyridine rings is 1. The van der Waals surface area contributed by atoms with Crippen LogP contribution >= 0.6 is 11.6 Å². The summed E-state index contributed by atoms with van der Waals surface area (Å²) in [5.74, 6) is 0.164. The number of halogens is 1. The first-order chi connectivity index (χ1) is 16.5. The van der Waals surface area contributed by atoms with Crippen LogP contribution in [0.15, 0.2) is 79.1 Å². The number of nitrogens with zero attached hydrogens (tertiary/aromatic N) is 2. The number of carbonyl (C=O) groups excluding carboxylic acids is 1. The molecule has 1 aromatic heterocycles. The third-order valence-electron chi connectivity index (χ3n) is 6.60. The van der Waals surface area contributed by atoms with Gasteiger partial charge < -0.3 is 4.90 Å². The number of hydrogen-bond donors (Lipinski definition) is 0. The van der Waals surface area contributed by atoms with Gasteiger partial charge in [0, 0.05) is 29.9 Å². The molecular formula is C30H31ClN2O. The fourth-order valence-corrected chi connectivity index (χ4v) is 5.12. The highest BCUT2D eigenvalue weighted by Crippen LogP contribution is 2.39. The molecule has 0 unspecified atom stereocenters. The maximum Gasteiger partial charge on any atom is 0.227 e. The summed E-state index contributed by atoms with van der Waals surface area (Å²) in [5, 5.41) is 0.763. The first-order valence-corrected chi connectivity index (χ1v) is 12.3. The van der Waals surface area contributed by atoms with Gasteiger partial charge in [-0.05, 0) is 78.6 Å². The Morgan fingerprint density at radius 1 is 1.12 bits per heavy atom. The standard InChI is InChI=1S/C30H31ClN2O/c1-4-7-22(8-5-2)18-28(34)33-15-13-23(14-16-33)29-27-12-11-26(31)19-24(27)9-10-25-17-21(6-3)20-32-30(25)29/h4-8,11-12,17,19-20H,1,3,9-10,13-16,18H2,2H3/b8-5-,22-7+. The quantitative estimate of drug-likeness (QED) is 0.441. The fourth-order valence-electron chi connectivity index (χ4n) is 4.93. The second-order valence-electron chi connectivity index (χ2n) is 8.80. The van der Waals surface area contributed by atoms with Crippen molar-refractivity contribution in [2.75, 3.05) is 13.1 Å². The van der Waals surface area contributed by atoms with E-state index in [0.717, 1.165) is 60.6 Å². The van der Waals surface area contributed by atoms with Crippen LogP contribution in [0.4, 0.5) is 0 Å². The molecule has 174 valence electrons. The van der Waals surface area contributed by atoms with Crippen LogP contribution in [-0.2, 0) is 17.6 Å². The number of carbonyl (C=O) groups is 1. The molecule has 1 aliphatic heterocycles. The van der Waals surface area contributed by atoms with Gasteiger partial charge in [0.1, 0.15) is 0 Å². The highest BCUT2D eigenvalue weighted by Gasteiger charge is 2.26. The number of aryl methyl sites for hydroxylation is 2. The zero-order valence-electron chi connectivity index (χ0n) is 19.8. The highest BCUT2D eigenvalue weighted by atomic mass is 35.5. The summed E-state index contributed by atoms with van der Waals surface area (Å²) in [6, 6.07) is 8.40. The maximum atomic E-state index is 13.0. The van der Waals surface area contributed by atoms with Gasteiger partial charge in [0.25, 0.3) is 0 Å². The Bertz CT molecular complexity index is 1210. The van der Waals surface area contributed by atoms with E-state index in [1.807, 2.05) is 48.4 Å². The molecule has 34 heavy (non-hydrogen) atoms. The Morgan fingerprint density at radius 2 is 1.88 bits per heavy atom. The largest absolute Gasteiger partial charge is 0.342 e. The van der Waals surface area contributed by atoms with Crippen molar-refractivity contribution < 1.29 is 4.79 Å². The highest BCUT2D eigenvalue weighted by molar-refractivity contribution is 6.30. The Labute approximate surface area is 207 Å². The van der Waals surface area contributed by atoms with Crippen molar-refractivity contribution in [2.45, 2.75) is 39.0 Å². The van der Waals surface area contributed by atoms with Crippen LogP contribution in [0, 0.1) is 0 Å². The molecule has 1 fully saturated rings. The van der Waals surface area contributed by atoms with Gasteiger partial charge in [-0.25, -0.2) is 0 Å². The molecule has 0 radical (unpaired) electrons. The second kappa shape index (κ2) is 10.8. The zero-order chi connectivity index (χ0) is 24.1. The van der Waals surface area contributed by atoms with E-state index in [0.29, 0.717) is 6.42 Å². The summed E-state index contributed by atoms with van der Waals surface area (Å²) in [6.07, 6.45) is 15.3. The van der Waals surface area contributed by atoms with E-state index >= 15 is 0 Å². The molecule has 1 saturated heterocycles. The Kier molecular flexibility index (Phi) is 7.64. The van der Waals surface area contributed by atoms with Crippen molar-refractivity contribution in [3.63, 3.8) is 0 Å². The lowest BCUT2D eigenvalue weighted by Gasteiger charge is -2.30. The third-order valence-corrected chi connectivity index (χ3v) is 6.84. The fraction of sp³-hybridized carbons (Fsp3) is 0.267. The van der Waals surface area contributed by atoms with Crippen molar-refractivity contribution in [2.24, 2.45) is 0 Å². The SMILES string of the molecule is C=C/C=C(\C=C/C)CC(=O)N1CCC(=C2c3ccc(Cl)cc3CCc3cc(C=C)cnc32)CC1. The molecule has 0 spiro atoms. The lowest BCUT2D eigenvalue weighted by molar-refractivity contribution is -0.130. The number of benzene rings is 1. The second-order valence-corrected chi connectivity index (χ2v) is 9.23. The van der Waals surface area contributed by atoms with Crippen LogP contribution in [0.2, 0.25) is 5.02 Å². The molecule has 1 aromatic carbocycles. The van der Waals surface area contributed by atoms with Gasteiger partial charge in [0.2, 0.25) is 5.91 Å². The topological polar surface area (TPSA) is 33.2 Å². The van der Waals surface area contributed by atoms with Gasteiger partial charge in [0.15, 0.2) is 0 Å². The Hall–Kier alpha value is -3.17. The van der Waals surface area contributed by atoms with Gasteiger partial charge in [-0.15, -0.1) is 0 Å². The number of amides is 1. The van der Waals surface area contributed by atoms with Crippen molar-refractivity contribution in [3.05, 3.63) is 112 Å². The number of rotatable bonds is 5. The van der Waals surface area contributed by atoms with E-state index < -0.39 is 0 Å². The minimum absolute atomic E-state index is 0.164. The van der Waals surface area contributed by atoms with Gasteiger partial charge in [-0.1, -0.05) is 66.8 Å². The summed E-state index contributed by atoms with van der Waals surface area (Å²) >= 11 is 6.36. The average molecular weight is 471 g/mol. The number of piperidine rings is 1. The normalized spacial score (nSPS) is 16.2. The number of hydrogen-bond acceptors (Lipinski definition) is 2. The van der Waals surface area contributed by atoms with Crippen LogP contribution in [0.25, 0.3) is 11.6 Å². The van der Waals surface area contributed by atoms with Crippen LogP contribution in [0.5, 0.6) is 0 Å². The molecule has 0 atom stereocenters. The summed E-state index contributed by atoms with van der Waals surface area (Å²) < 4.78 is 0. The minimum atomic E-state index is 0.164. The van der Waals surface area contributed by atoms with E-state index in [1.165, 1.54) is 27.8 Å². The lowest BCUT2D eigenvalue weighted by Crippen LogP contribution is -2.36. The molecule has 4 rings (SSSR count).